The molecule has 1 fully saturated rings. The largest absolute Gasteiger partial charge is 0.478 e. The number of piperidine rings is 1. The van der Waals surface area contributed by atoms with Crippen LogP contribution >= 0.6 is 11.3 Å². The molecular weight excluding hydrogens is 288 g/mol. The average molecular weight is 310 g/mol. The first-order valence-electron chi connectivity index (χ1n) is 7.33. The van der Waals surface area contributed by atoms with Gasteiger partial charge in [-0.3, -0.25) is 5.32 Å². The Bertz CT molecular complexity index is 545. The number of carbonyl (C=O) groups is 2. The Morgan fingerprint density at radius 1 is 1.33 bits per heavy atom. The van der Waals surface area contributed by atoms with E-state index in [1.54, 1.807) is 11.8 Å². The molecule has 21 heavy (non-hydrogen) atoms. The highest BCUT2D eigenvalue weighted by Crippen LogP contribution is 2.32. The van der Waals surface area contributed by atoms with Gasteiger partial charge < -0.3 is 10.0 Å². The van der Waals surface area contributed by atoms with Crippen molar-refractivity contribution in [1.82, 2.24) is 4.90 Å². The summed E-state index contributed by atoms with van der Waals surface area (Å²) in [6.07, 6.45) is 3.21. The highest BCUT2D eigenvalue weighted by atomic mass is 32.1. The molecule has 0 atom stereocenters. The number of anilines is 1. The van der Waals surface area contributed by atoms with E-state index in [2.05, 4.69) is 12.2 Å². The lowest BCUT2D eigenvalue weighted by Gasteiger charge is -2.31. The van der Waals surface area contributed by atoms with Crippen molar-refractivity contribution < 1.29 is 14.7 Å². The SMILES string of the molecule is CCC1CCN(C(=O)Nc2sc(C)c(C)c2C(=O)O)CC1. The highest BCUT2D eigenvalue weighted by Gasteiger charge is 2.25. The second-order valence-electron chi connectivity index (χ2n) is 5.56. The van der Waals surface area contributed by atoms with Gasteiger partial charge in [-0.1, -0.05) is 13.3 Å². The maximum atomic E-state index is 12.3. The number of aryl methyl sites for hydroxylation is 1. The zero-order valence-electron chi connectivity index (χ0n) is 12.7. The van der Waals surface area contributed by atoms with Crippen LogP contribution in [0.3, 0.4) is 0 Å². The molecule has 1 aromatic heterocycles. The number of rotatable bonds is 3. The van der Waals surface area contributed by atoms with Crippen LogP contribution in [0.4, 0.5) is 9.80 Å². The van der Waals surface area contributed by atoms with E-state index in [1.165, 1.54) is 11.3 Å². The third kappa shape index (κ3) is 3.37. The molecule has 1 aliphatic rings. The number of hydrogen-bond acceptors (Lipinski definition) is 3. The number of thiophene rings is 1. The Hall–Kier alpha value is -1.56. The van der Waals surface area contributed by atoms with Crippen LogP contribution in [0.2, 0.25) is 0 Å². The summed E-state index contributed by atoms with van der Waals surface area (Å²) < 4.78 is 0. The quantitative estimate of drug-likeness (QED) is 0.894. The molecule has 6 heteroatoms. The van der Waals surface area contributed by atoms with Crippen LogP contribution in [0, 0.1) is 19.8 Å². The molecule has 116 valence electrons. The van der Waals surface area contributed by atoms with E-state index < -0.39 is 5.97 Å². The van der Waals surface area contributed by atoms with Crippen molar-refractivity contribution in [3.63, 3.8) is 0 Å². The second-order valence-corrected chi connectivity index (χ2v) is 6.79. The number of carboxylic acid groups (broad SMARTS) is 1. The molecular formula is C15H22N2O3S. The van der Waals surface area contributed by atoms with Crippen LogP contribution in [0.5, 0.6) is 0 Å². The Morgan fingerprint density at radius 2 is 1.95 bits per heavy atom. The van der Waals surface area contributed by atoms with Crippen LogP contribution in [0.1, 0.15) is 47.0 Å². The zero-order chi connectivity index (χ0) is 15.6. The van der Waals surface area contributed by atoms with Gasteiger partial charge in [0.05, 0.1) is 5.56 Å². The molecule has 2 N–H and O–H groups in total. The lowest BCUT2D eigenvalue weighted by Crippen LogP contribution is -2.41. The van der Waals surface area contributed by atoms with Crippen molar-refractivity contribution in [2.75, 3.05) is 18.4 Å². The third-order valence-electron chi connectivity index (χ3n) is 4.30. The number of nitrogens with zero attached hydrogens (tertiary/aromatic N) is 1. The minimum absolute atomic E-state index is 0.187. The molecule has 0 bridgehead atoms. The highest BCUT2D eigenvalue weighted by molar-refractivity contribution is 7.16. The van der Waals surface area contributed by atoms with Gasteiger partial charge in [0.25, 0.3) is 0 Å². The standard InChI is InChI=1S/C15H22N2O3S/c1-4-11-5-7-17(8-6-11)15(20)16-13-12(14(18)19)9(2)10(3)21-13/h11H,4-8H2,1-3H3,(H,16,20)(H,18,19). The first kappa shape index (κ1) is 15.8. The van der Waals surface area contributed by atoms with Crippen LogP contribution < -0.4 is 5.32 Å². The monoisotopic (exact) mass is 310 g/mol. The molecule has 0 saturated carbocycles. The lowest BCUT2D eigenvalue weighted by molar-refractivity contribution is 0.0697. The normalized spacial score (nSPS) is 16.0. The predicted octanol–water partition coefficient (Wildman–Crippen LogP) is 3.72. The van der Waals surface area contributed by atoms with Gasteiger partial charge in [-0.25, -0.2) is 9.59 Å². The van der Waals surface area contributed by atoms with Gasteiger partial charge >= 0.3 is 12.0 Å². The van der Waals surface area contributed by atoms with Crippen molar-refractivity contribution in [3.8, 4) is 0 Å². The summed E-state index contributed by atoms with van der Waals surface area (Å²) in [5.41, 5.74) is 0.946. The number of nitrogens with one attached hydrogen (secondary N) is 1. The molecule has 1 aromatic rings. The number of aromatic carboxylic acids is 1. The van der Waals surface area contributed by atoms with E-state index in [9.17, 15) is 14.7 Å². The van der Waals surface area contributed by atoms with Gasteiger partial charge in [0.15, 0.2) is 0 Å². The fraction of sp³-hybridized carbons (Fsp3) is 0.600. The van der Waals surface area contributed by atoms with E-state index >= 15 is 0 Å². The van der Waals surface area contributed by atoms with Gasteiger partial charge in [0.2, 0.25) is 0 Å². The molecule has 0 unspecified atom stereocenters. The van der Waals surface area contributed by atoms with Crippen LogP contribution in [-0.4, -0.2) is 35.1 Å². The Balaban J connectivity index is 2.07. The van der Waals surface area contributed by atoms with Crippen molar-refractivity contribution in [2.45, 2.75) is 40.0 Å². The smallest absolute Gasteiger partial charge is 0.338 e. The molecule has 0 aliphatic carbocycles. The molecule has 2 amide bonds. The van der Waals surface area contributed by atoms with Gasteiger partial charge in [0.1, 0.15) is 5.00 Å². The molecule has 0 aromatic carbocycles. The fourth-order valence-corrected chi connectivity index (χ4v) is 3.74. The van der Waals surface area contributed by atoms with Crippen molar-refractivity contribution >= 4 is 28.3 Å². The molecule has 1 saturated heterocycles. The summed E-state index contributed by atoms with van der Waals surface area (Å²) in [5.74, 6) is -0.285. The first-order chi connectivity index (χ1) is 9.93. The predicted molar refractivity (Wildman–Crippen MR) is 84.4 cm³/mol. The topological polar surface area (TPSA) is 69.6 Å². The third-order valence-corrected chi connectivity index (χ3v) is 5.42. The van der Waals surface area contributed by atoms with Crippen molar-refractivity contribution in [3.05, 3.63) is 16.0 Å². The minimum Gasteiger partial charge on any atom is -0.478 e. The van der Waals surface area contributed by atoms with Gasteiger partial charge in [0, 0.05) is 18.0 Å². The average Bonchev–Trinajstić information content (AvgIpc) is 2.73. The Kier molecular flexibility index (Phi) is 4.88. The number of likely N-dealkylation sites (tertiary alicyclic amines) is 1. The summed E-state index contributed by atoms with van der Waals surface area (Å²) in [4.78, 5) is 26.3. The van der Waals surface area contributed by atoms with Crippen LogP contribution in [0.25, 0.3) is 0 Å². The second kappa shape index (κ2) is 6.47. The zero-order valence-corrected chi connectivity index (χ0v) is 13.5. The summed E-state index contributed by atoms with van der Waals surface area (Å²) >= 11 is 1.33. The molecule has 1 aliphatic heterocycles. The van der Waals surface area contributed by atoms with Gasteiger partial charge in [-0.2, -0.15) is 0 Å². The van der Waals surface area contributed by atoms with Crippen LogP contribution in [-0.2, 0) is 0 Å². The Morgan fingerprint density at radius 3 is 2.48 bits per heavy atom. The van der Waals surface area contributed by atoms with Crippen molar-refractivity contribution in [2.24, 2.45) is 5.92 Å². The number of hydrogen-bond donors (Lipinski definition) is 2. The fourth-order valence-electron chi connectivity index (χ4n) is 2.69. The maximum Gasteiger partial charge on any atom is 0.338 e. The van der Waals surface area contributed by atoms with E-state index in [0.717, 1.165) is 42.8 Å². The van der Waals surface area contributed by atoms with E-state index in [4.69, 9.17) is 0 Å². The van der Waals surface area contributed by atoms with Crippen LogP contribution in [0.15, 0.2) is 0 Å². The number of carboxylic acids is 1. The molecule has 0 spiro atoms. The first-order valence-corrected chi connectivity index (χ1v) is 8.14. The van der Waals surface area contributed by atoms with E-state index in [-0.39, 0.29) is 11.6 Å². The number of amides is 2. The molecule has 2 heterocycles. The molecule has 5 nitrogen and oxygen atoms in total. The Labute approximate surface area is 129 Å². The van der Waals surface area contributed by atoms with Gasteiger partial charge in [-0.05, 0) is 38.2 Å². The van der Waals surface area contributed by atoms with E-state index in [1.807, 2.05) is 6.92 Å². The molecule has 0 radical (unpaired) electrons. The summed E-state index contributed by atoms with van der Waals surface area (Å²) in [5, 5.41) is 12.5. The van der Waals surface area contributed by atoms with Crippen molar-refractivity contribution in [1.29, 1.82) is 0 Å². The summed E-state index contributed by atoms with van der Waals surface area (Å²) in [7, 11) is 0. The summed E-state index contributed by atoms with van der Waals surface area (Å²) in [6, 6.07) is -0.187. The van der Waals surface area contributed by atoms with Gasteiger partial charge in [-0.15, -0.1) is 11.3 Å². The minimum atomic E-state index is -0.989. The summed E-state index contributed by atoms with van der Waals surface area (Å²) in [6.45, 7) is 7.31. The maximum absolute atomic E-state index is 12.3. The number of carbonyl (C=O) groups excluding carboxylic acids is 1. The lowest BCUT2D eigenvalue weighted by atomic mass is 9.95. The number of urea groups is 1. The van der Waals surface area contributed by atoms with E-state index in [0.29, 0.717) is 10.9 Å². The molecule has 2 rings (SSSR count).